The zero-order valence-corrected chi connectivity index (χ0v) is 7.23. The molecule has 3 nitrogen and oxygen atoms in total. The van der Waals surface area contributed by atoms with E-state index in [2.05, 4.69) is 0 Å². The van der Waals surface area contributed by atoms with Crippen molar-refractivity contribution >= 4 is 26.8 Å². The van der Waals surface area contributed by atoms with E-state index in [-0.39, 0.29) is 22.7 Å². The van der Waals surface area contributed by atoms with Gasteiger partial charge in [-0.05, 0) is 0 Å². The van der Waals surface area contributed by atoms with E-state index in [1.54, 1.807) is 0 Å². The van der Waals surface area contributed by atoms with Gasteiger partial charge in [0.25, 0.3) is 0 Å². The van der Waals surface area contributed by atoms with Gasteiger partial charge in [-0.1, -0.05) is 0 Å². The number of halogens is 1. The van der Waals surface area contributed by atoms with Gasteiger partial charge in [0.15, 0.2) is 9.84 Å². The highest BCUT2D eigenvalue weighted by molar-refractivity contribution is 8.93. The van der Waals surface area contributed by atoms with Crippen molar-refractivity contribution in [3.05, 3.63) is 11.1 Å². The zero-order chi connectivity index (χ0) is 6.20. The van der Waals surface area contributed by atoms with E-state index < -0.39 is 9.84 Å². The summed E-state index contributed by atoms with van der Waals surface area (Å²) in [5.41, 5.74) is 5.67. The van der Waals surface area contributed by atoms with E-state index in [9.17, 15) is 8.42 Å². The quantitative estimate of drug-likeness (QED) is 0.625. The number of rotatable bonds is 0. The molecule has 0 aliphatic carbocycles. The Morgan fingerprint density at radius 3 is 2.22 bits per heavy atom. The standard InChI is InChI=1S/C4H7NO2S.BrH/c5-4-1-2-8(6,7)3-4;/h3H,1-2,5H2;1H. The summed E-state index contributed by atoms with van der Waals surface area (Å²) in [7, 11) is -2.88. The number of allylic oxidation sites excluding steroid dienone is 1. The van der Waals surface area contributed by atoms with Gasteiger partial charge < -0.3 is 5.73 Å². The first-order valence-electron chi connectivity index (χ1n) is 2.29. The van der Waals surface area contributed by atoms with Crippen molar-refractivity contribution in [2.45, 2.75) is 6.42 Å². The highest BCUT2D eigenvalue weighted by atomic mass is 79.9. The van der Waals surface area contributed by atoms with Gasteiger partial charge in [0.1, 0.15) is 0 Å². The fourth-order valence-electron chi connectivity index (χ4n) is 0.609. The van der Waals surface area contributed by atoms with Crippen molar-refractivity contribution in [2.75, 3.05) is 5.75 Å². The van der Waals surface area contributed by atoms with E-state index in [0.29, 0.717) is 12.1 Å². The van der Waals surface area contributed by atoms with Gasteiger partial charge in [0.2, 0.25) is 0 Å². The van der Waals surface area contributed by atoms with Crippen LogP contribution in [0.1, 0.15) is 6.42 Å². The van der Waals surface area contributed by atoms with E-state index >= 15 is 0 Å². The minimum atomic E-state index is -2.88. The molecule has 0 atom stereocenters. The second kappa shape index (κ2) is 2.70. The van der Waals surface area contributed by atoms with Crippen molar-refractivity contribution in [1.29, 1.82) is 0 Å². The second-order valence-electron chi connectivity index (χ2n) is 1.81. The molecule has 54 valence electrons. The summed E-state index contributed by atoms with van der Waals surface area (Å²) in [5, 5.41) is 1.13. The summed E-state index contributed by atoms with van der Waals surface area (Å²) in [6.45, 7) is 0. The lowest BCUT2D eigenvalue weighted by atomic mass is 10.4. The third-order valence-electron chi connectivity index (χ3n) is 1.01. The number of sulfone groups is 1. The molecule has 0 aromatic carbocycles. The van der Waals surface area contributed by atoms with Crippen LogP contribution in [0.15, 0.2) is 11.1 Å². The van der Waals surface area contributed by atoms with Crippen LogP contribution in [-0.2, 0) is 9.84 Å². The lowest BCUT2D eigenvalue weighted by Gasteiger charge is -1.80. The molecular weight excluding hydrogens is 206 g/mol. The maximum absolute atomic E-state index is 10.5. The third-order valence-corrected chi connectivity index (χ3v) is 2.44. The Hall–Kier alpha value is -0.0300. The van der Waals surface area contributed by atoms with Gasteiger partial charge in [-0.2, -0.15) is 0 Å². The predicted molar refractivity (Wildman–Crippen MR) is 41.0 cm³/mol. The van der Waals surface area contributed by atoms with Crippen molar-refractivity contribution in [1.82, 2.24) is 0 Å². The normalized spacial score (nSPS) is 22.4. The van der Waals surface area contributed by atoms with Gasteiger partial charge in [-0.25, -0.2) is 8.42 Å². The van der Waals surface area contributed by atoms with Crippen LogP contribution in [0.25, 0.3) is 0 Å². The molecule has 0 saturated heterocycles. The van der Waals surface area contributed by atoms with E-state index in [1.165, 1.54) is 0 Å². The molecule has 0 spiro atoms. The molecule has 1 aliphatic rings. The largest absolute Gasteiger partial charge is 0.401 e. The minimum Gasteiger partial charge on any atom is -0.401 e. The summed E-state index contributed by atoms with van der Waals surface area (Å²) in [6.07, 6.45) is 0.502. The molecule has 0 fully saturated rings. The van der Waals surface area contributed by atoms with Crippen LogP contribution in [0.2, 0.25) is 0 Å². The van der Waals surface area contributed by atoms with Crippen molar-refractivity contribution in [3.8, 4) is 0 Å². The van der Waals surface area contributed by atoms with Gasteiger partial charge in [-0.15, -0.1) is 17.0 Å². The van der Waals surface area contributed by atoms with Crippen LogP contribution in [0.4, 0.5) is 0 Å². The molecule has 0 saturated carbocycles. The van der Waals surface area contributed by atoms with E-state index in [4.69, 9.17) is 5.73 Å². The maximum atomic E-state index is 10.5. The average Bonchev–Trinajstić information content (AvgIpc) is 1.82. The van der Waals surface area contributed by atoms with Crippen molar-refractivity contribution in [3.63, 3.8) is 0 Å². The Morgan fingerprint density at radius 1 is 1.56 bits per heavy atom. The highest BCUT2D eigenvalue weighted by Gasteiger charge is 2.14. The summed E-state index contributed by atoms with van der Waals surface area (Å²) in [4.78, 5) is 0. The summed E-state index contributed by atoms with van der Waals surface area (Å²) in [5.74, 6) is 0.193. The first-order chi connectivity index (χ1) is 3.60. The summed E-state index contributed by atoms with van der Waals surface area (Å²) >= 11 is 0. The molecule has 0 unspecified atom stereocenters. The van der Waals surface area contributed by atoms with Gasteiger partial charge in [0.05, 0.1) is 5.75 Å². The molecule has 0 aromatic heterocycles. The molecule has 0 radical (unpaired) electrons. The average molecular weight is 214 g/mol. The Balaban J connectivity index is 0.000000640. The SMILES string of the molecule is Br.NC1=CS(=O)(=O)CC1. The van der Waals surface area contributed by atoms with Crippen LogP contribution in [-0.4, -0.2) is 14.2 Å². The number of hydrogen-bond acceptors (Lipinski definition) is 3. The lowest BCUT2D eigenvalue weighted by molar-refractivity contribution is 0.606. The van der Waals surface area contributed by atoms with Crippen LogP contribution in [0, 0.1) is 0 Å². The van der Waals surface area contributed by atoms with Crippen molar-refractivity contribution < 1.29 is 8.42 Å². The molecule has 1 rings (SSSR count). The highest BCUT2D eigenvalue weighted by Crippen LogP contribution is 2.10. The lowest BCUT2D eigenvalue weighted by Crippen LogP contribution is -1.93. The Morgan fingerprint density at radius 2 is 2.11 bits per heavy atom. The molecule has 5 heteroatoms. The topological polar surface area (TPSA) is 60.2 Å². The number of nitrogens with two attached hydrogens (primary N) is 1. The fraction of sp³-hybridized carbons (Fsp3) is 0.500. The molecule has 0 bridgehead atoms. The molecule has 1 heterocycles. The Labute approximate surface area is 64.6 Å². The smallest absolute Gasteiger partial charge is 0.173 e. The monoisotopic (exact) mass is 213 g/mol. The maximum Gasteiger partial charge on any atom is 0.173 e. The molecule has 0 amide bonds. The first-order valence-corrected chi connectivity index (χ1v) is 4.00. The fourth-order valence-corrected chi connectivity index (χ4v) is 1.83. The van der Waals surface area contributed by atoms with Crippen molar-refractivity contribution in [2.24, 2.45) is 5.73 Å². The van der Waals surface area contributed by atoms with E-state index in [1.807, 2.05) is 0 Å². The Kier molecular flexibility index (Phi) is 2.69. The second-order valence-corrected chi connectivity index (χ2v) is 3.78. The molecular formula is C4H8BrNO2S. The molecule has 1 aliphatic heterocycles. The van der Waals surface area contributed by atoms with Gasteiger partial charge in [0, 0.05) is 17.5 Å². The van der Waals surface area contributed by atoms with Crippen LogP contribution < -0.4 is 5.73 Å². The first kappa shape index (κ1) is 8.97. The van der Waals surface area contributed by atoms with Crippen LogP contribution in [0.3, 0.4) is 0 Å². The Bertz CT molecular complexity index is 219. The number of hydrogen-bond donors (Lipinski definition) is 1. The summed E-state index contributed by atoms with van der Waals surface area (Å²) in [6, 6.07) is 0. The van der Waals surface area contributed by atoms with Gasteiger partial charge >= 0.3 is 0 Å². The molecule has 9 heavy (non-hydrogen) atoms. The minimum absolute atomic E-state index is 0. The summed E-state index contributed by atoms with van der Waals surface area (Å²) < 4.78 is 21.0. The third kappa shape index (κ3) is 2.36. The zero-order valence-electron chi connectivity index (χ0n) is 4.70. The van der Waals surface area contributed by atoms with Crippen LogP contribution in [0.5, 0.6) is 0 Å². The predicted octanol–water partition coefficient (Wildman–Crippen LogP) is 0.183. The van der Waals surface area contributed by atoms with E-state index in [0.717, 1.165) is 5.41 Å². The van der Waals surface area contributed by atoms with Gasteiger partial charge in [-0.3, -0.25) is 0 Å². The molecule has 0 aromatic rings. The molecule has 2 N–H and O–H groups in total. The van der Waals surface area contributed by atoms with Crippen LogP contribution >= 0.6 is 17.0 Å².